The van der Waals surface area contributed by atoms with Crippen LogP contribution < -0.4 is 5.32 Å². The molecule has 3 rings (SSSR count). The molecule has 0 saturated heterocycles. The minimum absolute atomic E-state index is 0.00512. The molecule has 2 aromatic rings. The van der Waals surface area contributed by atoms with Crippen molar-refractivity contribution in [2.75, 3.05) is 17.7 Å². The van der Waals surface area contributed by atoms with Gasteiger partial charge < -0.3 is 15.2 Å². The lowest BCUT2D eigenvalue weighted by Crippen LogP contribution is -2.31. The summed E-state index contributed by atoms with van der Waals surface area (Å²) in [6.07, 6.45) is 2.80. The van der Waals surface area contributed by atoms with Gasteiger partial charge >= 0.3 is 0 Å². The Morgan fingerprint density at radius 1 is 1.36 bits per heavy atom. The van der Waals surface area contributed by atoms with E-state index in [2.05, 4.69) is 33.0 Å². The molecule has 7 heteroatoms. The molecule has 3 heterocycles. The van der Waals surface area contributed by atoms with Crippen LogP contribution in [0.25, 0.3) is 10.2 Å². The highest BCUT2D eigenvalue weighted by Crippen LogP contribution is 2.41. The van der Waals surface area contributed by atoms with E-state index >= 15 is 0 Å². The Kier molecular flexibility index (Phi) is 5.88. The number of rotatable bonds is 7. The first-order chi connectivity index (χ1) is 12.0. The van der Waals surface area contributed by atoms with Gasteiger partial charge in [0.05, 0.1) is 30.2 Å². The standard InChI is InChI=1S/C18H27N3O2S2/c1-5-7-24-17-20-15(19-11(6-2)9-22)14-12-8-18(3,4)23-10-13(12)25-16(14)21-17/h11,22H,5-10H2,1-4H3,(H,19,20,21). The molecule has 25 heavy (non-hydrogen) atoms. The van der Waals surface area contributed by atoms with Crippen LogP contribution in [0.4, 0.5) is 5.82 Å². The monoisotopic (exact) mass is 381 g/mol. The zero-order valence-corrected chi connectivity index (χ0v) is 17.0. The number of hydrogen-bond donors (Lipinski definition) is 2. The number of nitrogens with zero attached hydrogens (tertiary/aromatic N) is 2. The molecule has 0 aliphatic carbocycles. The number of hydrogen-bond acceptors (Lipinski definition) is 7. The summed E-state index contributed by atoms with van der Waals surface area (Å²) in [6.45, 7) is 9.21. The summed E-state index contributed by atoms with van der Waals surface area (Å²) in [5.41, 5.74) is 1.13. The van der Waals surface area contributed by atoms with Gasteiger partial charge in [-0.15, -0.1) is 11.3 Å². The molecule has 1 aliphatic heterocycles. The van der Waals surface area contributed by atoms with E-state index in [1.807, 2.05) is 0 Å². The summed E-state index contributed by atoms with van der Waals surface area (Å²) in [5.74, 6) is 1.86. The molecule has 0 bridgehead atoms. The van der Waals surface area contributed by atoms with Gasteiger partial charge in [0.25, 0.3) is 0 Å². The van der Waals surface area contributed by atoms with Crippen LogP contribution in [-0.2, 0) is 17.8 Å². The largest absolute Gasteiger partial charge is 0.394 e. The van der Waals surface area contributed by atoms with Crippen molar-refractivity contribution in [3.63, 3.8) is 0 Å². The number of anilines is 1. The fraction of sp³-hybridized carbons (Fsp3) is 0.667. The van der Waals surface area contributed by atoms with E-state index in [0.29, 0.717) is 6.61 Å². The van der Waals surface area contributed by atoms with E-state index in [1.165, 1.54) is 10.4 Å². The van der Waals surface area contributed by atoms with E-state index in [-0.39, 0.29) is 18.2 Å². The predicted octanol–water partition coefficient (Wildman–Crippen LogP) is 4.23. The second-order valence-corrected chi connectivity index (χ2v) is 9.19. The van der Waals surface area contributed by atoms with Gasteiger partial charge in [0.2, 0.25) is 0 Å². The minimum atomic E-state index is -0.172. The minimum Gasteiger partial charge on any atom is -0.394 e. The molecular formula is C18H27N3O2S2. The number of nitrogens with one attached hydrogen (secondary N) is 1. The summed E-state index contributed by atoms with van der Waals surface area (Å²) in [4.78, 5) is 11.9. The lowest BCUT2D eigenvalue weighted by Gasteiger charge is -2.30. The van der Waals surface area contributed by atoms with Gasteiger partial charge in [-0.3, -0.25) is 0 Å². The smallest absolute Gasteiger partial charge is 0.190 e. The van der Waals surface area contributed by atoms with Crippen LogP contribution >= 0.6 is 23.1 Å². The lowest BCUT2D eigenvalue weighted by atomic mass is 9.94. The van der Waals surface area contributed by atoms with Gasteiger partial charge in [0, 0.05) is 17.1 Å². The molecule has 2 aromatic heterocycles. The van der Waals surface area contributed by atoms with Crippen LogP contribution in [0.2, 0.25) is 0 Å². The number of aliphatic hydroxyl groups excluding tert-OH is 1. The Balaban J connectivity index is 2.09. The summed E-state index contributed by atoms with van der Waals surface area (Å²) < 4.78 is 5.98. The fourth-order valence-electron chi connectivity index (χ4n) is 2.96. The molecule has 0 radical (unpaired) electrons. The van der Waals surface area contributed by atoms with E-state index < -0.39 is 0 Å². The third-order valence-corrected chi connectivity index (χ3v) is 6.55. The van der Waals surface area contributed by atoms with E-state index in [4.69, 9.17) is 14.7 Å². The highest BCUT2D eigenvalue weighted by molar-refractivity contribution is 7.99. The topological polar surface area (TPSA) is 67.3 Å². The summed E-state index contributed by atoms with van der Waals surface area (Å²) >= 11 is 3.40. The molecule has 0 saturated carbocycles. The second-order valence-electron chi connectivity index (χ2n) is 7.04. The van der Waals surface area contributed by atoms with Crippen molar-refractivity contribution in [3.8, 4) is 0 Å². The van der Waals surface area contributed by atoms with E-state index in [1.54, 1.807) is 23.1 Å². The normalized spacial score (nSPS) is 17.5. The quantitative estimate of drug-likeness (QED) is 0.553. The van der Waals surface area contributed by atoms with Crippen molar-refractivity contribution in [1.29, 1.82) is 0 Å². The van der Waals surface area contributed by atoms with Gasteiger partial charge in [-0.05, 0) is 32.3 Å². The van der Waals surface area contributed by atoms with Crippen molar-refractivity contribution in [1.82, 2.24) is 9.97 Å². The van der Waals surface area contributed by atoms with Crippen molar-refractivity contribution in [3.05, 3.63) is 10.4 Å². The van der Waals surface area contributed by atoms with Crippen molar-refractivity contribution >= 4 is 39.1 Å². The summed E-state index contributed by atoms with van der Waals surface area (Å²) in [7, 11) is 0. The molecule has 0 fully saturated rings. The molecule has 0 spiro atoms. The van der Waals surface area contributed by atoms with Gasteiger partial charge in [-0.1, -0.05) is 25.6 Å². The predicted molar refractivity (Wildman–Crippen MR) is 106 cm³/mol. The van der Waals surface area contributed by atoms with Crippen LogP contribution in [0.5, 0.6) is 0 Å². The Morgan fingerprint density at radius 2 is 2.16 bits per heavy atom. The molecule has 1 aliphatic rings. The van der Waals surface area contributed by atoms with E-state index in [0.717, 1.165) is 46.2 Å². The van der Waals surface area contributed by atoms with Crippen molar-refractivity contribution in [2.45, 2.75) is 70.4 Å². The number of aromatic nitrogens is 2. The average molecular weight is 382 g/mol. The zero-order valence-electron chi connectivity index (χ0n) is 15.4. The zero-order chi connectivity index (χ0) is 18.0. The molecule has 138 valence electrons. The number of thiophene rings is 1. The highest BCUT2D eigenvalue weighted by atomic mass is 32.2. The van der Waals surface area contributed by atoms with Gasteiger partial charge in [0.1, 0.15) is 10.6 Å². The Hall–Kier alpha value is -0.890. The Morgan fingerprint density at radius 3 is 2.84 bits per heavy atom. The van der Waals surface area contributed by atoms with Crippen LogP contribution in [0.3, 0.4) is 0 Å². The third kappa shape index (κ3) is 4.10. The number of thioether (sulfide) groups is 1. The molecule has 2 N–H and O–H groups in total. The number of aliphatic hydroxyl groups is 1. The first-order valence-electron chi connectivity index (χ1n) is 8.93. The second kappa shape index (κ2) is 7.78. The molecule has 0 aromatic carbocycles. The maximum atomic E-state index is 9.61. The van der Waals surface area contributed by atoms with E-state index in [9.17, 15) is 5.11 Å². The highest BCUT2D eigenvalue weighted by Gasteiger charge is 2.31. The van der Waals surface area contributed by atoms with Crippen LogP contribution in [0, 0.1) is 0 Å². The van der Waals surface area contributed by atoms with Gasteiger partial charge in [-0.2, -0.15) is 0 Å². The Labute approximate surface area is 157 Å². The first-order valence-corrected chi connectivity index (χ1v) is 10.7. The van der Waals surface area contributed by atoms with Crippen LogP contribution in [-0.4, -0.2) is 39.1 Å². The molecule has 5 nitrogen and oxygen atoms in total. The maximum absolute atomic E-state index is 9.61. The number of ether oxygens (including phenoxy) is 1. The van der Waals surface area contributed by atoms with Crippen molar-refractivity contribution in [2.24, 2.45) is 0 Å². The fourth-order valence-corrected chi connectivity index (χ4v) is 4.82. The third-order valence-electron chi connectivity index (χ3n) is 4.40. The molecular weight excluding hydrogens is 354 g/mol. The first kappa shape index (κ1) is 18.9. The molecule has 0 amide bonds. The SMILES string of the molecule is CCCSc1nc(NC(CC)CO)c2c3c(sc2n1)COC(C)(C)C3. The van der Waals surface area contributed by atoms with Crippen LogP contribution in [0.1, 0.15) is 51.0 Å². The maximum Gasteiger partial charge on any atom is 0.190 e. The lowest BCUT2D eigenvalue weighted by molar-refractivity contribution is -0.0379. The average Bonchev–Trinajstić information content (AvgIpc) is 2.94. The van der Waals surface area contributed by atoms with Gasteiger partial charge in [-0.25, -0.2) is 9.97 Å². The number of fused-ring (bicyclic) bond motifs is 3. The summed E-state index contributed by atoms with van der Waals surface area (Å²) in [5, 5.41) is 15.0. The van der Waals surface area contributed by atoms with Crippen molar-refractivity contribution < 1.29 is 9.84 Å². The summed E-state index contributed by atoms with van der Waals surface area (Å²) in [6, 6.07) is 0.00512. The van der Waals surface area contributed by atoms with Crippen LogP contribution in [0.15, 0.2) is 5.16 Å². The van der Waals surface area contributed by atoms with Gasteiger partial charge in [0.15, 0.2) is 5.16 Å². The molecule has 1 atom stereocenters. The Bertz CT molecular complexity index is 741. The molecule has 1 unspecified atom stereocenters.